The number of hydrogen-bond donors (Lipinski definition) is 2. The van der Waals surface area contributed by atoms with Crippen molar-refractivity contribution in [3.8, 4) is 0 Å². The fourth-order valence-corrected chi connectivity index (χ4v) is 4.20. The molecule has 1 saturated heterocycles. The Morgan fingerprint density at radius 3 is 2.72 bits per heavy atom. The Kier molecular flexibility index (Phi) is 5.65. The first-order chi connectivity index (χ1) is 12.1. The van der Waals surface area contributed by atoms with Crippen molar-refractivity contribution in [2.24, 2.45) is 0 Å². The zero-order valence-corrected chi connectivity index (χ0v) is 15.3. The lowest BCUT2D eigenvalue weighted by molar-refractivity contribution is -0.136. The highest BCUT2D eigenvalue weighted by atomic mass is 32.2. The first kappa shape index (κ1) is 17.8. The molecule has 1 aromatic carbocycles. The van der Waals surface area contributed by atoms with Gasteiger partial charge in [0.1, 0.15) is 0 Å². The SMILES string of the molecule is COC(=O)C1=C(CN2CCSCC2)NC(=O)N[C@H]1c1ccccc1C. The predicted octanol–water partition coefficient (Wildman–Crippen LogP) is 1.82. The van der Waals surface area contributed by atoms with Crippen LogP contribution in [0.1, 0.15) is 17.2 Å². The van der Waals surface area contributed by atoms with Crippen molar-refractivity contribution in [2.45, 2.75) is 13.0 Å². The van der Waals surface area contributed by atoms with Crippen LogP contribution in [0.2, 0.25) is 0 Å². The number of nitrogens with zero attached hydrogens (tertiary/aromatic N) is 1. The average molecular weight is 361 g/mol. The van der Waals surface area contributed by atoms with Crippen LogP contribution in [-0.4, -0.2) is 55.2 Å². The summed E-state index contributed by atoms with van der Waals surface area (Å²) >= 11 is 1.92. The molecule has 0 unspecified atom stereocenters. The number of carbonyl (C=O) groups is 2. The molecule has 1 fully saturated rings. The smallest absolute Gasteiger partial charge is 0.338 e. The lowest BCUT2D eigenvalue weighted by atomic mass is 9.92. The van der Waals surface area contributed by atoms with Gasteiger partial charge in [-0.3, -0.25) is 4.90 Å². The Morgan fingerprint density at radius 1 is 1.32 bits per heavy atom. The Labute approximate surface area is 152 Å². The summed E-state index contributed by atoms with van der Waals surface area (Å²) in [5, 5.41) is 5.70. The van der Waals surface area contributed by atoms with Gasteiger partial charge in [0, 0.05) is 36.8 Å². The highest BCUT2D eigenvalue weighted by molar-refractivity contribution is 7.99. The Hall–Kier alpha value is -1.99. The van der Waals surface area contributed by atoms with E-state index in [1.807, 2.05) is 43.0 Å². The van der Waals surface area contributed by atoms with Crippen molar-refractivity contribution in [3.05, 3.63) is 46.7 Å². The Balaban J connectivity index is 2.00. The zero-order chi connectivity index (χ0) is 17.8. The summed E-state index contributed by atoms with van der Waals surface area (Å²) in [4.78, 5) is 27.0. The van der Waals surface area contributed by atoms with E-state index in [9.17, 15) is 9.59 Å². The van der Waals surface area contributed by atoms with E-state index in [1.54, 1.807) is 0 Å². The van der Waals surface area contributed by atoms with Crippen molar-refractivity contribution < 1.29 is 14.3 Å². The Bertz CT molecular complexity index is 699. The van der Waals surface area contributed by atoms with E-state index in [0.29, 0.717) is 17.8 Å². The number of amides is 2. The standard InChI is InChI=1S/C18H23N3O3S/c1-12-5-3-4-6-13(12)16-15(17(22)24-2)14(19-18(23)20-16)11-21-7-9-25-10-8-21/h3-6,16H,7-11H2,1-2H3,(H2,19,20,23)/t16-/m0/s1. The molecule has 0 aromatic heterocycles. The van der Waals surface area contributed by atoms with Crippen LogP contribution < -0.4 is 10.6 Å². The molecule has 2 amide bonds. The van der Waals surface area contributed by atoms with Gasteiger partial charge in [0.15, 0.2) is 0 Å². The maximum Gasteiger partial charge on any atom is 0.338 e. The summed E-state index contributed by atoms with van der Waals surface area (Å²) in [7, 11) is 1.37. The maximum atomic E-state index is 12.5. The summed E-state index contributed by atoms with van der Waals surface area (Å²) < 4.78 is 5.03. The van der Waals surface area contributed by atoms with Crippen molar-refractivity contribution in [3.63, 3.8) is 0 Å². The molecule has 2 aliphatic heterocycles. The molecule has 2 N–H and O–H groups in total. The number of aryl methyl sites for hydroxylation is 1. The molecule has 2 heterocycles. The lowest BCUT2D eigenvalue weighted by Gasteiger charge is -2.33. The second-order valence-corrected chi connectivity index (χ2v) is 7.39. The molecular formula is C18H23N3O3S. The molecule has 6 nitrogen and oxygen atoms in total. The summed E-state index contributed by atoms with van der Waals surface area (Å²) in [5.41, 5.74) is 3.04. The monoisotopic (exact) mass is 361 g/mol. The summed E-state index contributed by atoms with van der Waals surface area (Å²) in [6.07, 6.45) is 0. The second-order valence-electron chi connectivity index (χ2n) is 6.16. The topological polar surface area (TPSA) is 70.7 Å². The van der Waals surface area contributed by atoms with Crippen LogP contribution in [0.4, 0.5) is 4.79 Å². The van der Waals surface area contributed by atoms with Crippen LogP contribution in [0.5, 0.6) is 0 Å². The van der Waals surface area contributed by atoms with Crippen LogP contribution in [0.15, 0.2) is 35.5 Å². The largest absolute Gasteiger partial charge is 0.466 e. The van der Waals surface area contributed by atoms with Crippen molar-refractivity contribution >= 4 is 23.8 Å². The number of urea groups is 1. The van der Waals surface area contributed by atoms with Gasteiger partial charge in [-0.1, -0.05) is 24.3 Å². The van der Waals surface area contributed by atoms with Gasteiger partial charge in [0.25, 0.3) is 0 Å². The Morgan fingerprint density at radius 2 is 2.04 bits per heavy atom. The summed E-state index contributed by atoms with van der Waals surface area (Å²) in [5.74, 6) is 1.71. The molecular weight excluding hydrogens is 338 g/mol. The maximum absolute atomic E-state index is 12.5. The third-order valence-electron chi connectivity index (χ3n) is 4.54. The van der Waals surface area contributed by atoms with Crippen LogP contribution in [0.3, 0.4) is 0 Å². The molecule has 25 heavy (non-hydrogen) atoms. The molecule has 0 aliphatic carbocycles. The van der Waals surface area contributed by atoms with Gasteiger partial charge in [0.05, 0.1) is 18.7 Å². The molecule has 1 atom stereocenters. The lowest BCUT2D eigenvalue weighted by Crippen LogP contribution is -2.49. The van der Waals surface area contributed by atoms with Crippen molar-refractivity contribution in [2.75, 3.05) is 38.2 Å². The van der Waals surface area contributed by atoms with Crippen LogP contribution >= 0.6 is 11.8 Å². The first-order valence-corrected chi connectivity index (χ1v) is 9.50. The molecule has 0 saturated carbocycles. The number of ether oxygens (including phenoxy) is 1. The predicted molar refractivity (Wildman–Crippen MR) is 98.4 cm³/mol. The van der Waals surface area contributed by atoms with E-state index in [0.717, 1.165) is 35.7 Å². The van der Waals surface area contributed by atoms with E-state index in [1.165, 1.54) is 7.11 Å². The van der Waals surface area contributed by atoms with E-state index >= 15 is 0 Å². The van der Waals surface area contributed by atoms with E-state index < -0.39 is 12.0 Å². The van der Waals surface area contributed by atoms with Gasteiger partial charge < -0.3 is 15.4 Å². The van der Waals surface area contributed by atoms with Crippen molar-refractivity contribution in [1.29, 1.82) is 0 Å². The van der Waals surface area contributed by atoms with E-state index in [4.69, 9.17) is 4.74 Å². The molecule has 0 radical (unpaired) electrons. The minimum Gasteiger partial charge on any atom is -0.466 e. The average Bonchev–Trinajstić information content (AvgIpc) is 2.62. The van der Waals surface area contributed by atoms with Gasteiger partial charge in [-0.25, -0.2) is 9.59 Å². The molecule has 1 aromatic rings. The molecule has 7 heteroatoms. The van der Waals surface area contributed by atoms with Crippen LogP contribution in [-0.2, 0) is 9.53 Å². The fourth-order valence-electron chi connectivity index (χ4n) is 3.22. The van der Waals surface area contributed by atoms with Gasteiger partial charge >= 0.3 is 12.0 Å². The highest BCUT2D eigenvalue weighted by Crippen LogP contribution is 2.30. The second kappa shape index (κ2) is 7.93. The minimum absolute atomic E-state index is 0.290. The zero-order valence-electron chi connectivity index (χ0n) is 14.5. The first-order valence-electron chi connectivity index (χ1n) is 8.34. The molecule has 2 aliphatic rings. The normalized spacial score (nSPS) is 21.5. The minimum atomic E-state index is -0.503. The number of carbonyl (C=O) groups excluding carboxylic acids is 2. The van der Waals surface area contributed by atoms with Gasteiger partial charge in [-0.15, -0.1) is 0 Å². The quantitative estimate of drug-likeness (QED) is 0.801. The van der Waals surface area contributed by atoms with Crippen LogP contribution in [0.25, 0.3) is 0 Å². The number of esters is 1. The number of hydrogen-bond acceptors (Lipinski definition) is 5. The van der Waals surface area contributed by atoms with Gasteiger partial charge in [-0.05, 0) is 18.1 Å². The molecule has 3 rings (SSSR count). The molecule has 134 valence electrons. The highest BCUT2D eigenvalue weighted by Gasteiger charge is 2.34. The van der Waals surface area contributed by atoms with Crippen molar-refractivity contribution in [1.82, 2.24) is 15.5 Å². The van der Waals surface area contributed by atoms with E-state index in [-0.39, 0.29) is 6.03 Å². The summed E-state index contributed by atoms with van der Waals surface area (Å²) in [6.45, 7) is 4.41. The number of rotatable bonds is 4. The fraction of sp³-hybridized carbons (Fsp3) is 0.444. The summed E-state index contributed by atoms with van der Waals surface area (Å²) in [6, 6.07) is 6.96. The van der Waals surface area contributed by atoms with Crippen LogP contribution in [0, 0.1) is 6.92 Å². The van der Waals surface area contributed by atoms with Gasteiger partial charge in [0.2, 0.25) is 0 Å². The third-order valence-corrected chi connectivity index (χ3v) is 5.49. The molecule has 0 bridgehead atoms. The number of benzene rings is 1. The number of methoxy groups -OCH3 is 1. The van der Waals surface area contributed by atoms with Gasteiger partial charge in [-0.2, -0.15) is 11.8 Å². The van der Waals surface area contributed by atoms with E-state index in [2.05, 4.69) is 15.5 Å². The number of nitrogens with one attached hydrogen (secondary N) is 2. The third kappa shape index (κ3) is 3.99. The number of thioether (sulfide) groups is 1. The molecule has 0 spiro atoms.